The van der Waals surface area contributed by atoms with Crippen LogP contribution in [-0.4, -0.2) is 53.9 Å². The van der Waals surface area contributed by atoms with Crippen LogP contribution in [0.3, 0.4) is 0 Å². The zero-order chi connectivity index (χ0) is 18.4. The molecule has 1 aromatic rings. The Bertz CT molecular complexity index is 575. The number of aliphatic hydroxyl groups excluding tert-OH is 1. The number of carbonyl (C=O) groups excluding carboxylic acids is 1. The molecule has 1 aromatic carbocycles. The molecule has 0 spiro atoms. The number of likely N-dealkylation sites (tertiary alicyclic amines) is 1. The van der Waals surface area contributed by atoms with Gasteiger partial charge in [-0.25, -0.2) is 4.79 Å². The summed E-state index contributed by atoms with van der Waals surface area (Å²) in [6, 6.07) is 8.35. The van der Waals surface area contributed by atoms with Crippen LogP contribution in [0.2, 0.25) is 0 Å². The Kier molecular flexibility index (Phi) is 6.54. The van der Waals surface area contributed by atoms with Crippen LogP contribution in [0, 0.1) is 6.92 Å². The Morgan fingerprint density at radius 3 is 2.42 bits per heavy atom. The van der Waals surface area contributed by atoms with Crippen LogP contribution in [0.25, 0.3) is 0 Å². The van der Waals surface area contributed by atoms with Gasteiger partial charge in [-0.05, 0) is 57.7 Å². The molecule has 26 heavy (non-hydrogen) atoms. The Labute approximate surface area is 157 Å². The molecule has 3 rings (SSSR count). The first-order chi connectivity index (χ1) is 12.5. The van der Waals surface area contributed by atoms with Gasteiger partial charge in [0.05, 0.1) is 6.10 Å². The molecule has 2 amide bonds. The predicted octanol–water partition coefficient (Wildman–Crippen LogP) is 2.61. The Morgan fingerprint density at radius 1 is 1.15 bits per heavy atom. The van der Waals surface area contributed by atoms with E-state index in [0.717, 1.165) is 32.4 Å². The van der Waals surface area contributed by atoms with Gasteiger partial charge in [0.25, 0.3) is 0 Å². The number of urea groups is 1. The van der Waals surface area contributed by atoms with E-state index in [9.17, 15) is 9.90 Å². The van der Waals surface area contributed by atoms with E-state index in [1.807, 2.05) is 0 Å². The van der Waals surface area contributed by atoms with Crippen molar-refractivity contribution in [1.29, 1.82) is 0 Å². The van der Waals surface area contributed by atoms with E-state index in [-0.39, 0.29) is 11.6 Å². The minimum atomic E-state index is -0.508. The van der Waals surface area contributed by atoms with Crippen molar-refractivity contribution in [3.05, 3.63) is 35.4 Å². The van der Waals surface area contributed by atoms with Crippen LogP contribution in [0.4, 0.5) is 4.79 Å². The van der Waals surface area contributed by atoms with Crippen LogP contribution >= 0.6 is 0 Å². The van der Waals surface area contributed by atoms with Gasteiger partial charge in [-0.1, -0.05) is 42.7 Å². The lowest BCUT2D eigenvalue weighted by atomic mass is 10.0. The molecule has 144 valence electrons. The van der Waals surface area contributed by atoms with Crippen molar-refractivity contribution in [3.63, 3.8) is 0 Å². The molecule has 0 radical (unpaired) electrons. The molecule has 5 nitrogen and oxygen atoms in total. The molecule has 1 aliphatic carbocycles. The van der Waals surface area contributed by atoms with Gasteiger partial charge >= 0.3 is 6.03 Å². The number of nitrogens with one attached hydrogen (secondary N) is 2. The summed E-state index contributed by atoms with van der Waals surface area (Å²) in [5, 5.41) is 16.2. The highest BCUT2D eigenvalue weighted by atomic mass is 16.3. The number of amides is 2. The molecule has 1 atom stereocenters. The highest BCUT2D eigenvalue weighted by molar-refractivity contribution is 5.75. The minimum absolute atomic E-state index is 0.102. The summed E-state index contributed by atoms with van der Waals surface area (Å²) in [6.07, 6.45) is 7.40. The fraction of sp³-hybridized carbons (Fsp3) is 0.667. The zero-order valence-corrected chi connectivity index (χ0v) is 16.0. The molecule has 5 heteroatoms. The van der Waals surface area contributed by atoms with Crippen LogP contribution in [-0.2, 0) is 6.42 Å². The van der Waals surface area contributed by atoms with Gasteiger partial charge in [0.15, 0.2) is 0 Å². The molecule has 1 heterocycles. The van der Waals surface area contributed by atoms with Crippen LogP contribution in [0.1, 0.15) is 49.7 Å². The van der Waals surface area contributed by atoms with E-state index >= 15 is 0 Å². The molecule has 1 aliphatic heterocycles. The first-order valence-electron chi connectivity index (χ1n) is 10.1. The summed E-state index contributed by atoms with van der Waals surface area (Å²) < 4.78 is 0. The highest BCUT2D eigenvalue weighted by Crippen LogP contribution is 2.38. The van der Waals surface area contributed by atoms with Crippen molar-refractivity contribution in [3.8, 4) is 0 Å². The highest BCUT2D eigenvalue weighted by Gasteiger charge is 2.43. The van der Waals surface area contributed by atoms with E-state index in [1.54, 1.807) is 0 Å². The number of rotatable bonds is 7. The van der Waals surface area contributed by atoms with Gasteiger partial charge < -0.3 is 20.6 Å². The van der Waals surface area contributed by atoms with Crippen LogP contribution in [0.15, 0.2) is 24.3 Å². The first kappa shape index (κ1) is 19.2. The molecule has 2 fully saturated rings. The van der Waals surface area contributed by atoms with Crippen molar-refractivity contribution in [2.24, 2.45) is 0 Å². The third-order valence-electron chi connectivity index (χ3n) is 5.56. The van der Waals surface area contributed by atoms with Crippen molar-refractivity contribution >= 4 is 6.03 Å². The first-order valence-corrected chi connectivity index (χ1v) is 10.1. The average molecular weight is 360 g/mol. The third kappa shape index (κ3) is 5.99. The van der Waals surface area contributed by atoms with Crippen molar-refractivity contribution in [2.75, 3.05) is 26.2 Å². The van der Waals surface area contributed by atoms with Gasteiger partial charge in [0.2, 0.25) is 0 Å². The molecule has 2 aliphatic rings. The quantitative estimate of drug-likeness (QED) is 0.701. The van der Waals surface area contributed by atoms with Gasteiger partial charge in [0.1, 0.15) is 0 Å². The smallest absolute Gasteiger partial charge is 0.315 e. The molecule has 3 N–H and O–H groups in total. The Balaban J connectivity index is 1.38. The van der Waals surface area contributed by atoms with Crippen molar-refractivity contribution in [2.45, 2.75) is 63.5 Å². The summed E-state index contributed by atoms with van der Waals surface area (Å²) in [5.74, 6) is 0. The molecule has 0 aromatic heterocycles. The lowest BCUT2D eigenvalue weighted by molar-refractivity contribution is 0.114. The molecular formula is C21H33N3O2. The number of aliphatic hydroxyl groups is 1. The number of β-amino-alcohol motifs (C(OH)–C–C–N with tert-alkyl or cyclic N) is 1. The second-order valence-corrected chi connectivity index (χ2v) is 8.15. The number of hydrogen-bond acceptors (Lipinski definition) is 3. The summed E-state index contributed by atoms with van der Waals surface area (Å²) >= 11 is 0. The molecule has 1 saturated carbocycles. The summed E-state index contributed by atoms with van der Waals surface area (Å²) in [5.41, 5.74) is 2.41. The van der Waals surface area contributed by atoms with E-state index in [1.165, 1.54) is 36.8 Å². The maximum Gasteiger partial charge on any atom is 0.315 e. The largest absolute Gasteiger partial charge is 0.390 e. The summed E-state index contributed by atoms with van der Waals surface area (Å²) in [6.45, 7) is 5.16. The van der Waals surface area contributed by atoms with E-state index in [2.05, 4.69) is 46.7 Å². The van der Waals surface area contributed by atoms with Gasteiger partial charge in [-0.15, -0.1) is 0 Å². The molecular weight excluding hydrogens is 326 g/mol. The van der Waals surface area contributed by atoms with Gasteiger partial charge in [0, 0.05) is 18.6 Å². The summed E-state index contributed by atoms with van der Waals surface area (Å²) in [4.78, 5) is 14.6. The molecule has 1 saturated heterocycles. The van der Waals surface area contributed by atoms with Gasteiger partial charge in [-0.3, -0.25) is 0 Å². The monoisotopic (exact) mass is 359 g/mol. The maximum absolute atomic E-state index is 12.2. The Hall–Kier alpha value is -1.59. The second-order valence-electron chi connectivity index (χ2n) is 8.15. The number of benzene rings is 1. The lowest BCUT2D eigenvalue weighted by Crippen LogP contribution is -2.48. The van der Waals surface area contributed by atoms with E-state index < -0.39 is 6.10 Å². The van der Waals surface area contributed by atoms with Crippen LogP contribution < -0.4 is 10.6 Å². The third-order valence-corrected chi connectivity index (χ3v) is 5.56. The number of hydrogen-bond donors (Lipinski definition) is 3. The van der Waals surface area contributed by atoms with Crippen molar-refractivity contribution < 1.29 is 9.90 Å². The Morgan fingerprint density at radius 2 is 1.81 bits per heavy atom. The molecule has 0 unspecified atom stereocenters. The minimum Gasteiger partial charge on any atom is -0.390 e. The van der Waals surface area contributed by atoms with E-state index in [0.29, 0.717) is 13.1 Å². The maximum atomic E-state index is 12.2. The normalized spacial score (nSPS) is 20.8. The SMILES string of the molecule is Cc1ccc(CC2(NC(=O)NC[C@H](O)CN3CCCCCC3)CC2)cc1. The topological polar surface area (TPSA) is 64.6 Å². The predicted molar refractivity (Wildman–Crippen MR) is 104 cm³/mol. The van der Waals surface area contributed by atoms with Crippen molar-refractivity contribution in [1.82, 2.24) is 15.5 Å². The number of carbonyl (C=O) groups is 1. The molecule has 0 bridgehead atoms. The second kappa shape index (κ2) is 8.87. The van der Waals surface area contributed by atoms with E-state index in [4.69, 9.17) is 0 Å². The zero-order valence-electron chi connectivity index (χ0n) is 16.0. The fourth-order valence-corrected chi connectivity index (χ4v) is 3.77. The van der Waals surface area contributed by atoms with Crippen LogP contribution in [0.5, 0.6) is 0 Å². The standard InChI is InChI=1S/C21H33N3O2/c1-17-6-8-18(9-7-17)14-21(10-11-21)23-20(26)22-15-19(25)16-24-12-4-2-3-5-13-24/h6-9,19,25H,2-5,10-16H2,1H3,(H2,22,23,26)/t19-/m0/s1. The number of nitrogens with zero attached hydrogens (tertiary/aromatic N) is 1. The lowest BCUT2D eigenvalue weighted by Gasteiger charge is -2.24. The summed E-state index contributed by atoms with van der Waals surface area (Å²) in [7, 11) is 0. The number of aryl methyl sites for hydroxylation is 1. The fourth-order valence-electron chi connectivity index (χ4n) is 3.77. The average Bonchev–Trinajstić information content (AvgIpc) is 3.40. The van der Waals surface area contributed by atoms with Gasteiger partial charge in [-0.2, -0.15) is 0 Å².